The van der Waals surface area contributed by atoms with Crippen molar-refractivity contribution >= 4 is 5.69 Å². The maximum atomic E-state index is 13.3. The summed E-state index contributed by atoms with van der Waals surface area (Å²) in [4.78, 5) is 4.61. The number of nitrogens with zero attached hydrogens (tertiary/aromatic N) is 2. The van der Waals surface area contributed by atoms with Crippen molar-refractivity contribution in [1.82, 2.24) is 4.90 Å². The zero-order valence-electron chi connectivity index (χ0n) is 11.9. The first kappa shape index (κ1) is 14.3. The van der Waals surface area contributed by atoms with Gasteiger partial charge >= 0.3 is 0 Å². The SMILES string of the molecule is CN1CCC(CN(C)c2ccc(F)cc2CCN)C1. The molecule has 19 heavy (non-hydrogen) atoms. The summed E-state index contributed by atoms with van der Waals surface area (Å²) in [5.41, 5.74) is 7.74. The molecular weight excluding hydrogens is 241 g/mol. The van der Waals surface area contributed by atoms with Crippen LogP contribution in [0.15, 0.2) is 18.2 Å². The van der Waals surface area contributed by atoms with E-state index in [2.05, 4.69) is 23.9 Å². The summed E-state index contributed by atoms with van der Waals surface area (Å²) in [5, 5.41) is 0. The van der Waals surface area contributed by atoms with Gasteiger partial charge in [-0.1, -0.05) is 0 Å². The summed E-state index contributed by atoms with van der Waals surface area (Å²) in [5.74, 6) is 0.520. The molecule has 1 aliphatic heterocycles. The molecule has 1 saturated heterocycles. The highest BCUT2D eigenvalue weighted by Crippen LogP contribution is 2.24. The zero-order chi connectivity index (χ0) is 13.8. The Morgan fingerprint density at radius 1 is 1.47 bits per heavy atom. The monoisotopic (exact) mass is 265 g/mol. The normalized spacial score (nSPS) is 19.9. The van der Waals surface area contributed by atoms with E-state index in [0.717, 1.165) is 30.8 Å². The molecule has 1 aromatic rings. The molecule has 106 valence electrons. The van der Waals surface area contributed by atoms with Crippen LogP contribution < -0.4 is 10.6 Å². The van der Waals surface area contributed by atoms with Gasteiger partial charge in [0.25, 0.3) is 0 Å². The third-order valence-corrected chi connectivity index (χ3v) is 3.89. The molecule has 1 unspecified atom stereocenters. The molecule has 0 aliphatic carbocycles. The lowest BCUT2D eigenvalue weighted by molar-refractivity contribution is 0.396. The Labute approximate surface area is 115 Å². The molecule has 0 radical (unpaired) electrons. The van der Waals surface area contributed by atoms with Gasteiger partial charge in [-0.15, -0.1) is 0 Å². The Kier molecular flexibility index (Phi) is 4.77. The molecule has 0 saturated carbocycles. The lowest BCUT2D eigenvalue weighted by Crippen LogP contribution is -2.28. The van der Waals surface area contributed by atoms with Crippen LogP contribution in [0.25, 0.3) is 0 Å². The van der Waals surface area contributed by atoms with Crippen LogP contribution in [0, 0.1) is 11.7 Å². The van der Waals surface area contributed by atoms with Crippen molar-refractivity contribution in [2.24, 2.45) is 11.7 Å². The van der Waals surface area contributed by atoms with Crippen LogP contribution in [0.1, 0.15) is 12.0 Å². The zero-order valence-corrected chi connectivity index (χ0v) is 11.9. The first-order valence-corrected chi connectivity index (χ1v) is 6.98. The smallest absolute Gasteiger partial charge is 0.123 e. The van der Waals surface area contributed by atoms with Crippen molar-refractivity contribution in [3.05, 3.63) is 29.6 Å². The number of rotatable bonds is 5. The molecule has 1 atom stereocenters. The molecule has 0 aromatic heterocycles. The summed E-state index contributed by atoms with van der Waals surface area (Å²) in [6.07, 6.45) is 1.97. The van der Waals surface area contributed by atoms with Crippen LogP contribution in [0.4, 0.5) is 10.1 Å². The number of hydrogen-bond donors (Lipinski definition) is 1. The molecule has 4 heteroatoms. The Bertz CT molecular complexity index is 422. The summed E-state index contributed by atoms with van der Waals surface area (Å²) >= 11 is 0. The quantitative estimate of drug-likeness (QED) is 0.880. The van der Waals surface area contributed by atoms with Crippen LogP contribution in [-0.2, 0) is 6.42 Å². The van der Waals surface area contributed by atoms with Crippen molar-refractivity contribution in [1.29, 1.82) is 0 Å². The van der Waals surface area contributed by atoms with Crippen LogP contribution in [-0.4, -0.2) is 45.2 Å². The van der Waals surface area contributed by atoms with E-state index in [4.69, 9.17) is 5.73 Å². The molecule has 1 fully saturated rings. The molecule has 2 N–H and O–H groups in total. The van der Waals surface area contributed by atoms with E-state index in [1.807, 2.05) is 6.07 Å². The lowest BCUT2D eigenvalue weighted by atomic mass is 10.1. The third kappa shape index (κ3) is 3.67. The summed E-state index contributed by atoms with van der Waals surface area (Å²) in [6, 6.07) is 5.02. The van der Waals surface area contributed by atoms with Crippen molar-refractivity contribution < 1.29 is 4.39 Å². The fraction of sp³-hybridized carbons (Fsp3) is 0.600. The minimum Gasteiger partial charge on any atom is -0.374 e. The highest BCUT2D eigenvalue weighted by molar-refractivity contribution is 5.53. The molecule has 1 heterocycles. The van der Waals surface area contributed by atoms with Crippen molar-refractivity contribution in [2.45, 2.75) is 12.8 Å². The fourth-order valence-electron chi connectivity index (χ4n) is 2.94. The van der Waals surface area contributed by atoms with E-state index in [0.29, 0.717) is 12.5 Å². The predicted octanol–water partition coefficient (Wildman–Crippen LogP) is 1.71. The van der Waals surface area contributed by atoms with Crippen LogP contribution in [0.5, 0.6) is 0 Å². The second-order valence-corrected chi connectivity index (χ2v) is 5.61. The van der Waals surface area contributed by atoms with E-state index in [-0.39, 0.29) is 5.82 Å². The van der Waals surface area contributed by atoms with Gasteiger partial charge in [0, 0.05) is 25.8 Å². The van der Waals surface area contributed by atoms with Crippen LogP contribution in [0.2, 0.25) is 0 Å². The van der Waals surface area contributed by atoms with Crippen LogP contribution in [0.3, 0.4) is 0 Å². The van der Waals surface area contributed by atoms with Gasteiger partial charge in [-0.25, -0.2) is 4.39 Å². The van der Waals surface area contributed by atoms with Gasteiger partial charge in [0.2, 0.25) is 0 Å². The van der Waals surface area contributed by atoms with Gasteiger partial charge in [0.15, 0.2) is 0 Å². The van der Waals surface area contributed by atoms with Crippen LogP contribution >= 0.6 is 0 Å². The summed E-state index contributed by atoms with van der Waals surface area (Å²) < 4.78 is 13.3. The number of halogens is 1. The largest absolute Gasteiger partial charge is 0.374 e. The number of hydrogen-bond acceptors (Lipinski definition) is 3. The van der Waals surface area contributed by atoms with Gasteiger partial charge in [-0.05, 0) is 62.7 Å². The maximum absolute atomic E-state index is 13.3. The summed E-state index contributed by atoms with van der Waals surface area (Å²) in [7, 11) is 4.25. The Morgan fingerprint density at radius 2 is 2.26 bits per heavy atom. The summed E-state index contributed by atoms with van der Waals surface area (Å²) in [6.45, 7) is 3.90. The molecule has 1 aliphatic rings. The van der Waals surface area contributed by atoms with E-state index < -0.39 is 0 Å². The van der Waals surface area contributed by atoms with Crippen molar-refractivity contribution in [2.75, 3.05) is 45.2 Å². The number of likely N-dealkylation sites (tertiary alicyclic amines) is 1. The highest BCUT2D eigenvalue weighted by atomic mass is 19.1. The average Bonchev–Trinajstić information content (AvgIpc) is 2.75. The van der Waals surface area contributed by atoms with Gasteiger partial charge < -0.3 is 15.5 Å². The third-order valence-electron chi connectivity index (χ3n) is 3.89. The molecule has 0 amide bonds. The minimum absolute atomic E-state index is 0.179. The van der Waals surface area contributed by atoms with E-state index in [1.165, 1.54) is 19.0 Å². The second-order valence-electron chi connectivity index (χ2n) is 5.61. The van der Waals surface area contributed by atoms with Crippen molar-refractivity contribution in [3.8, 4) is 0 Å². The molecular formula is C15H24FN3. The Balaban J connectivity index is 2.07. The fourth-order valence-corrected chi connectivity index (χ4v) is 2.94. The average molecular weight is 265 g/mol. The topological polar surface area (TPSA) is 32.5 Å². The van der Waals surface area contributed by atoms with Gasteiger partial charge in [-0.2, -0.15) is 0 Å². The standard InChI is InChI=1S/C15H24FN3/c1-18-8-6-12(10-18)11-19(2)15-4-3-14(16)9-13(15)5-7-17/h3-4,9,12H,5-8,10-11,17H2,1-2H3. The van der Waals surface area contributed by atoms with Crippen molar-refractivity contribution in [3.63, 3.8) is 0 Å². The lowest BCUT2D eigenvalue weighted by Gasteiger charge is -2.25. The number of anilines is 1. The number of nitrogens with two attached hydrogens (primary N) is 1. The first-order chi connectivity index (χ1) is 9.10. The highest BCUT2D eigenvalue weighted by Gasteiger charge is 2.21. The minimum atomic E-state index is -0.179. The van der Waals surface area contributed by atoms with E-state index in [9.17, 15) is 4.39 Å². The van der Waals surface area contributed by atoms with E-state index >= 15 is 0 Å². The molecule has 1 aromatic carbocycles. The molecule has 2 rings (SSSR count). The van der Waals surface area contributed by atoms with Gasteiger partial charge in [0.1, 0.15) is 5.82 Å². The first-order valence-electron chi connectivity index (χ1n) is 6.98. The number of benzene rings is 1. The van der Waals surface area contributed by atoms with E-state index in [1.54, 1.807) is 6.07 Å². The Morgan fingerprint density at radius 3 is 2.89 bits per heavy atom. The Hall–Kier alpha value is -1.13. The molecule has 0 spiro atoms. The molecule has 0 bridgehead atoms. The second kappa shape index (κ2) is 6.35. The predicted molar refractivity (Wildman–Crippen MR) is 78.0 cm³/mol. The molecule has 3 nitrogen and oxygen atoms in total. The van der Waals surface area contributed by atoms with Gasteiger partial charge in [0.05, 0.1) is 0 Å². The van der Waals surface area contributed by atoms with Gasteiger partial charge in [-0.3, -0.25) is 0 Å². The maximum Gasteiger partial charge on any atom is 0.123 e.